The van der Waals surface area contributed by atoms with Gasteiger partial charge >= 0.3 is 0 Å². The average molecular weight is 363 g/mol. The van der Waals surface area contributed by atoms with Crippen LogP contribution in [-0.4, -0.2) is 30.4 Å². The number of methoxy groups -OCH3 is 1. The summed E-state index contributed by atoms with van der Waals surface area (Å²) in [6, 6.07) is 18.6. The number of amides is 1. The molecule has 0 radical (unpaired) electrons. The number of phenols is 1. The van der Waals surface area contributed by atoms with E-state index in [0.29, 0.717) is 17.0 Å². The second-order valence-corrected chi connectivity index (χ2v) is 6.00. The van der Waals surface area contributed by atoms with Crippen molar-refractivity contribution in [2.45, 2.75) is 6.92 Å². The van der Waals surface area contributed by atoms with Crippen molar-refractivity contribution in [3.63, 3.8) is 0 Å². The molecule has 0 unspecified atom stereocenters. The fourth-order valence-electron chi connectivity index (χ4n) is 2.71. The minimum absolute atomic E-state index is 0.0631. The molecule has 3 aromatic carbocycles. The van der Waals surface area contributed by atoms with Crippen LogP contribution in [0.15, 0.2) is 65.8 Å². The lowest BCUT2D eigenvalue weighted by Gasteiger charge is -2.09. The molecule has 0 saturated heterocycles. The van der Waals surface area contributed by atoms with Crippen molar-refractivity contribution >= 4 is 28.1 Å². The fraction of sp³-hybridized carbons (Fsp3) is 0.143. The molecule has 0 saturated carbocycles. The Morgan fingerprint density at radius 2 is 1.93 bits per heavy atom. The van der Waals surface area contributed by atoms with E-state index in [1.165, 1.54) is 0 Å². The quantitative estimate of drug-likeness (QED) is 0.462. The third-order valence-corrected chi connectivity index (χ3v) is 4.16. The average Bonchev–Trinajstić information content (AvgIpc) is 2.71. The summed E-state index contributed by atoms with van der Waals surface area (Å²) in [5.41, 5.74) is 4.37. The van der Waals surface area contributed by atoms with Crippen LogP contribution >= 0.6 is 0 Å². The Hall–Kier alpha value is -3.54. The van der Waals surface area contributed by atoms with Gasteiger partial charge in [-0.05, 0) is 30.5 Å². The number of hydrazone groups is 1. The van der Waals surface area contributed by atoms with Crippen LogP contribution in [-0.2, 0) is 4.79 Å². The molecule has 138 valence electrons. The van der Waals surface area contributed by atoms with Crippen molar-refractivity contribution in [3.8, 4) is 11.5 Å². The molecule has 1 amide bonds. The Kier molecular flexibility index (Phi) is 5.56. The highest BCUT2D eigenvalue weighted by Gasteiger charge is 2.09. The van der Waals surface area contributed by atoms with Gasteiger partial charge < -0.3 is 15.2 Å². The summed E-state index contributed by atoms with van der Waals surface area (Å²) in [5, 5.41) is 19.3. The van der Waals surface area contributed by atoms with Crippen molar-refractivity contribution < 1.29 is 14.6 Å². The van der Waals surface area contributed by atoms with E-state index in [1.807, 2.05) is 48.5 Å². The predicted molar refractivity (Wildman–Crippen MR) is 107 cm³/mol. The van der Waals surface area contributed by atoms with E-state index in [-0.39, 0.29) is 18.2 Å². The largest absolute Gasteiger partial charge is 0.507 e. The summed E-state index contributed by atoms with van der Waals surface area (Å²) in [5.74, 6) is 0.566. The molecule has 0 atom stereocenters. The Labute approximate surface area is 157 Å². The number of phenolic OH excluding ortho intramolecular Hbond substituents is 1. The standard InChI is InChI=1S/C21H21N3O3/c1-14(18-11-10-15-6-3-4-9-19(15)21(18)26)23-24-20(25)13-22-16-7-5-8-17(12-16)27-2/h3-12,22,26H,13H2,1-2H3,(H,24,25)/b23-14+. The van der Waals surface area contributed by atoms with Crippen molar-refractivity contribution in [1.82, 2.24) is 5.43 Å². The van der Waals surface area contributed by atoms with Gasteiger partial charge in [-0.2, -0.15) is 5.10 Å². The highest BCUT2D eigenvalue weighted by atomic mass is 16.5. The first-order valence-corrected chi connectivity index (χ1v) is 8.50. The zero-order valence-corrected chi connectivity index (χ0v) is 15.2. The van der Waals surface area contributed by atoms with E-state index < -0.39 is 0 Å². The first kappa shape index (κ1) is 18.3. The Bertz CT molecular complexity index is 999. The molecule has 6 nitrogen and oxygen atoms in total. The molecule has 0 aliphatic rings. The van der Waals surface area contributed by atoms with E-state index in [0.717, 1.165) is 16.5 Å². The second kappa shape index (κ2) is 8.23. The molecule has 0 aliphatic carbocycles. The number of aromatic hydroxyl groups is 1. The minimum Gasteiger partial charge on any atom is -0.507 e. The van der Waals surface area contributed by atoms with Crippen LogP contribution in [0.1, 0.15) is 12.5 Å². The first-order chi connectivity index (χ1) is 13.1. The lowest BCUT2D eigenvalue weighted by atomic mass is 10.0. The number of carbonyl (C=O) groups excluding carboxylic acids is 1. The van der Waals surface area contributed by atoms with Gasteiger partial charge in [-0.3, -0.25) is 4.79 Å². The van der Waals surface area contributed by atoms with Crippen molar-refractivity contribution in [2.24, 2.45) is 5.10 Å². The summed E-state index contributed by atoms with van der Waals surface area (Å²) in [6.07, 6.45) is 0. The van der Waals surface area contributed by atoms with Crippen molar-refractivity contribution in [2.75, 3.05) is 19.0 Å². The van der Waals surface area contributed by atoms with Gasteiger partial charge in [-0.25, -0.2) is 5.43 Å². The number of nitrogens with zero attached hydrogens (tertiary/aromatic N) is 1. The van der Waals surface area contributed by atoms with Crippen LogP contribution in [0.3, 0.4) is 0 Å². The predicted octanol–water partition coefficient (Wildman–Crippen LogP) is 3.51. The maximum Gasteiger partial charge on any atom is 0.259 e. The van der Waals surface area contributed by atoms with Crippen LogP contribution in [0, 0.1) is 0 Å². The van der Waals surface area contributed by atoms with E-state index >= 15 is 0 Å². The van der Waals surface area contributed by atoms with Crippen LogP contribution in [0.4, 0.5) is 5.69 Å². The summed E-state index contributed by atoms with van der Waals surface area (Å²) >= 11 is 0. The van der Waals surface area contributed by atoms with E-state index in [1.54, 1.807) is 26.2 Å². The maximum atomic E-state index is 12.0. The fourth-order valence-corrected chi connectivity index (χ4v) is 2.71. The van der Waals surface area contributed by atoms with E-state index in [4.69, 9.17) is 4.74 Å². The number of hydrogen-bond acceptors (Lipinski definition) is 5. The number of ether oxygens (including phenoxy) is 1. The zero-order valence-electron chi connectivity index (χ0n) is 15.2. The number of nitrogens with one attached hydrogen (secondary N) is 2. The summed E-state index contributed by atoms with van der Waals surface area (Å²) < 4.78 is 5.15. The molecule has 0 fully saturated rings. The third kappa shape index (κ3) is 4.36. The summed E-state index contributed by atoms with van der Waals surface area (Å²) in [7, 11) is 1.59. The molecule has 0 bridgehead atoms. The summed E-state index contributed by atoms with van der Waals surface area (Å²) in [4.78, 5) is 12.0. The van der Waals surface area contributed by atoms with Gasteiger partial charge in [0, 0.05) is 22.7 Å². The van der Waals surface area contributed by atoms with E-state index in [2.05, 4.69) is 15.8 Å². The van der Waals surface area contributed by atoms with Crippen LogP contribution in [0.2, 0.25) is 0 Å². The van der Waals surface area contributed by atoms with Crippen molar-refractivity contribution in [1.29, 1.82) is 0 Å². The molecular weight excluding hydrogens is 342 g/mol. The van der Waals surface area contributed by atoms with Crippen LogP contribution in [0.5, 0.6) is 11.5 Å². The SMILES string of the molecule is COc1cccc(NCC(=O)N/N=C(\C)c2ccc3ccccc3c2O)c1. The van der Waals surface area contributed by atoms with Gasteiger partial charge in [0.25, 0.3) is 5.91 Å². The Balaban J connectivity index is 1.64. The Morgan fingerprint density at radius 3 is 2.74 bits per heavy atom. The number of fused-ring (bicyclic) bond motifs is 1. The number of benzene rings is 3. The van der Waals surface area contributed by atoms with E-state index in [9.17, 15) is 9.90 Å². The van der Waals surface area contributed by atoms with Gasteiger partial charge in [0.1, 0.15) is 11.5 Å². The molecule has 3 aromatic rings. The normalized spacial score (nSPS) is 11.3. The lowest BCUT2D eigenvalue weighted by molar-refractivity contribution is -0.119. The first-order valence-electron chi connectivity index (χ1n) is 8.50. The molecule has 0 heterocycles. The highest BCUT2D eigenvalue weighted by molar-refractivity contribution is 6.06. The van der Waals surface area contributed by atoms with Gasteiger partial charge in [0.15, 0.2) is 0 Å². The molecule has 0 aliphatic heterocycles. The molecule has 6 heteroatoms. The number of anilines is 1. The van der Waals surface area contributed by atoms with Gasteiger partial charge in [-0.1, -0.05) is 36.4 Å². The molecule has 27 heavy (non-hydrogen) atoms. The van der Waals surface area contributed by atoms with Gasteiger partial charge in [0.05, 0.1) is 19.4 Å². The van der Waals surface area contributed by atoms with Gasteiger partial charge in [-0.15, -0.1) is 0 Å². The molecule has 0 aromatic heterocycles. The lowest BCUT2D eigenvalue weighted by Crippen LogP contribution is -2.26. The molecule has 3 rings (SSSR count). The topological polar surface area (TPSA) is 83.0 Å². The van der Waals surface area contributed by atoms with Crippen LogP contribution in [0.25, 0.3) is 10.8 Å². The van der Waals surface area contributed by atoms with Crippen molar-refractivity contribution in [3.05, 3.63) is 66.2 Å². The van der Waals surface area contributed by atoms with Gasteiger partial charge in [0.2, 0.25) is 0 Å². The third-order valence-electron chi connectivity index (χ3n) is 4.16. The highest BCUT2D eigenvalue weighted by Crippen LogP contribution is 2.28. The zero-order chi connectivity index (χ0) is 19.2. The number of hydrogen-bond donors (Lipinski definition) is 3. The second-order valence-electron chi connectivity index (χ2n) is 6.00. The molecule has 3 N–H and O–H groups in total. The minimum atomic E-state index is -0.294. The Morgan fingerprint density at radius 1 is 1.11 bits per heavy atom. The molecule has 0 spiro atoms. The number of carbonyl (C=O) groups is 1. The molecular formula is C21H21N3O3. The summed E-state index contributed by atoms with van der Waals surface area (Å²) in [6.45, 7) is 1.80. The van der Waals surface area contributed by atoms with Crippen LogP contribution < -0.4 is 15.5 Å². The smallest absolute Gasteiger partial charge is 0.259 e. The number of rotatable bonds is 6. The maximum absolute atomic E-state index is 12.0. The monoisotopic (exact) mass is 363 g/mol.